The molecule has 3 aromatic rings. The van der Waals surface area contributed by atoms with Crippen LogP contribution in [0.3, 0.4) is 0 Å². The van der Waals surface area contributed by atoms with Crippen LogP contribution in [0.15, 0.2) is 66.7 Å². The Balaban J connectivity index is 1.55. The summed E-state index contributed by atoms with van der Waals surface area (Å²) in [4.78, 5) is 27.6. The number of halogens is 1. The Hall–Kier alpha value is -3.51. The van der Waals surface area contributed by atoms with E-state index in [-0.39, 0.29) is 5.91 Å². The first kappa shape index (κ1) is 21.7. The fourth-order valence-electron chi connectivity index (χ4n) is 3.69. The summed E-state index contributed by atoms with van der Waals surface area (Å²) in [5, 5.41) is 9.08. The average molecular weight is 449 g/mol. The van der Waals surface area contributed by atoms with E-state index in [4.69, 9.17) is 11.6 Å². The molecular weight excluding hydrogens is 424 g/mol. The predicted octanol–water partition coefficient (Wildman–Crippen LogP) is 6.14. The van der Waals surface area contributed by atoms with Gasteiger partial charge in [0, 0.05) is 24.3 Å². The summed E-state index contributed by atoms with van der Waals surface area (Å²) >= 11 is 6.16. The topological polar surface area (TPSA) is 73.5 Å². The second kappa shape index (κ2) is 9.75. The van der Waals surface area contributed by atoms with E-state index in [1.165, 1.54) is 0 Å². The van der Waals surface area contributed by atoms with Crippen LogP contribution >= 0.6 is 11.6 Å². The number of aryl methyl sites for hydroxylation is 1. The molecule has 3 amide bonds. The van der Waals surface area contributed by atoms with Gasteiger partial charge in [0.05, 0.1) is 22.1 Å². The predicted molar refractivity (Wildman–Crippen MR) is 131 cm³/mol. The lowest BCUT2D eigenvalue weighted by atomic mass is 10.1. The van der Waals surface area contributed by atoms with Crippen LogP contribution in [0.5, 0.6) is 0 Å². The molecule has 6 nitrogen and oxygen atoms in total. The van der Waals surface area contributed by atoms with Crippen molar-refractivity contribution in [2.45, 2.75) is 19.8 Å². The van der Waals surface area contributed by atoms with Gasteiger partial charge in [-0.3, -0.25) is 4.79 Å². The van der Waals surface area contributed by atoms with Crippen molar-refractivity contribution in [1.29, 1.82) is 0 Å². The molecule has 1 fully saturated rings. The number of carbonyl (C=O) groups is 2. The van der Waals surface area contributed by atoms with Crippen LogP contribution in [0, 0.1) is 6.92 Å². The van der Waals surface area contributed by atoms with Gasteiger partial charge < -0.3 is 20.9 Å². The highest BCUT2D eigenvalue weighted by Crippen LogP contribution is 2.32. The molecule has 32 heavy (non-hydrogen) atoms. The molecule has 0 radical (unpaired) electrons. The van der Waals surface area contributed by atoms with Crippen LogP contribution in [-0.4, -0.2) is 25.0 Å². The Morgan fingerprint density at radius 1 is 0.844 bits per heavy atom. The number of hydrogen-bond acceptors (Lipinski definition) is 3. The Kier molecular flexibility index (Phi) is 6.61. The fourth-order valence-corrected chi connectivity index (χ4v) is 3.88. The lowest BCUT2D eigenvalue weighted by Crippen LogP contribution is -2.24. The highest BCUT2D eigenvalue weighted by atomic mass is 35.5. The molecule has 0 atom stereocenters. The van der Waals surface area contributed by atoms with E-state index in [0.29, 0.717) is 27.6 Å². The zero-order valence-corrected chi connectivity index (χ0v) is 18.6. The fraction of sp³-hybridized carbons (Fsp3) is 0.200. The molecule has 0 aliphatic carbocycles. The van der Waals surface area contributed by atoms with Crippen molar-refractivity contribution in [3.8, 4) is 0 Å². The Labute approximate surface area is 192 Å². The molecule has 3 aromatic carbocycles. The van der Waals surface area contributed by atoms with E-state index >= 15 is 0 Å². The number of para-hydroxylation sites is 1. The Morgan fingerprint density at radius 3 is 2.25 bits per heavy atom. The number of nitrogens with one attached hydrogen (secondary N) is 3. The zero-order chi connectivity index (χ0) is 22.5. The molecule has 1 heterocycles. The maximum Gasteiger partial charge on any atom is 0.323 e. The molecule has 1 saturated heterocycles. The quantitative estimate of drug-likeness (QED) is 0.438. The molecule has 3 N–H and O–H groups in total. The number of carbonyl (C=O) groups excluding carboxylic acids is 2. The van der Waals surface area contributed by atoms with Gasteiger partial charge >= 0.3 is 6.03 Å². The molecule has 0 unspecified atom stereocenters. The van der Waals surface area contributed by atoms with Crippen LogP contribution < -0.4 is 20.9 Å². The van der Waals surface area contributed by atoms with Crippen LogP contribution in [0.1, 0.15) is 28.8 Å². The van der Waals surface area contributed by atoms with Gasteiger partial charge in [0.1, 0.15) is 0 Å². The Bertz CT molecular complexity index is 1130. The third-order valence-electron chi connectivity index (χ3n) is 5.39. The number of urea groups is 1. The number of benzene rings is 3. The average Bonchev–Trinajstić information content (AvgIpc) is 3.31. The van der Waals surface area contributed by atoms with Crippen LogP contribution in [-0.2, 0) is 0 Å². The van der Waals surface area contributed by atoms with E-state index in [1.54, 1.807) is 42.5 Å². The van der Waals surface area contributed by atoms with Crippen molar-refractivity contribution in [2.75, 3.05) is 33.9 Å². The second-order valence-electron chi connectivity index (χ2n) is 7.81. The standard InChI is InChI=1S/C25H25ClN4O2/c1-17-8-10-18(11-9-17)24(31)27-19-12-13-23(30-14-4-5-15-30)22(16-19)29-25(32)28-21-7-3-2-6-20(21)26/h2-3,6-13,16H,4-5,14-15H2,1H3,(H,27,31)(H2,28,29,32). The molecule has 164 valence electrons. The zero-order valence-electron chi connectivity index (χ0n) is 17.8. The van der Waals surface area contributed by atoms with Gasteiger partial charge in [0.25, 0.3) is 5.91 Å². The van der Waals surface area contributed by atoms with E-state index in [2.05, 4.69) is 20.9 Å². The van der Waals surface area contributed by atoms with E-state index in [9.17, 15) is 9.59 Å². The summed E-state index contributed by atoms with van der Waals surface area (Å²) in [6.07, 6.45) is 2.22. The third kappa shape index (κ3) is 5.21. The lowest BCUT2D eigenvalue weighted by molar-refractivity contribution is 0.102. The summed E-state index contributed by atoms with van der Waals surface area (Å²) in [6, 6.07) is 19.6. The monoisotopic (exact) mass is 448 g/mol. The van der Waals surface area contributed by atoms with Crippen molar-refractivity contribution >= 4 is 46.3 Å². The summed E-state index contributed by atoms with van der Waals surface area (Å²) in [5.41, 5.74) is 4.34. The van der Waals surface area contributed by atoms with Gasteiger partial charge in [-0.15, -0.1) is 0 Å². The number of hydrogen-bond donors (Lipinski definition) is 3. The molecule has 1 aliphatic heterocycles. The third-order valence-corrected chi connectivity index (χ3v) is 5.71. The van der Waals surface area contributed by atoms with Gasteiger partial charge in [0.15, 0.2) is 0 Å². The van der Waals surface area contributed by atoms with Crippen LogP contribution in [0.2, 0.25) is 5.02 Å². The largest absolute Gasteiger partial charge is 0.370 e. The molecule has 4 rings (SSSR count). The van der Waals surface area contributed by atoms with E-state index in [1.807, 2.05) is 31.2 Å². The van der Waals surface area contributed by atoms with Crippen molar-refractivity contribution in [1.82, 2.24) is 0 Å². The first-order valence-corrected chi connectivity index (χ1v) is 11.0. The highest BCUT2D eigenvalue weighted by molar-refractivity contribution is 6.33. The van der Waals surface area contributed by atoms with Crippen LogP contribution in [0.4, 0.5) is 27.5 Å². The molecule has 0 bridgehead atoms. The summed E-state index contributed by atoms with van der Waals surface area (Å²) in [5.74, 6) is -0.203. The molecule has 7 heteroatoms. The number of nitrogens with zero attached hydrogens (tertiary/aromatic N) is 1. The number of amides is 3. The SMILES string of the molecule is Cc1ccc(C(=O)Nc2ccc(N3CCCC3)c(NC(=O)Nc3ccccc3Cl)c2)cc1. The van der Waals surface area contributed by atoms with Crippen molar-refractivity contribution < 1.29 is 9.59 Å². The number of anilines is 4. The summed E-state index contributed by atoms with van der Waals surface area (Å²) in [7, 11) is 0. The maximum atomic E-state index is 12.7. The maximum absolute atomic E-state index is 12.7. The summed E-state index contributed by atoms with van der Waals surface area (Å²) in [6.45, 7) is 3.83. The summed E-state index contributed by atoms with van der Waals surface area (Å²) < 4.78 is 0. The minimum Gasteiger partial charge on any atom is -0.370 e. The van der Waals surface area contributed by atoms with E-state index in [0.717, 1.165) is 37.2 Å². The first-order valence-electron chi connectivity index (χ1n) is 10.6. The second-order valence-corrected chi connectivity index (χ2v) is 8.21. The molecular formula is C25H25ClN4O2. The van der Waals surface area contributed by atoms with Crippen LogP contribution in [0.25, 0.3) is 0 Å². The normalized spacial score (nSPS) is 13.0. The smallest absolute Gasteiger partial charge is 0.323 e. The van der Waals surface area contributed by atoms with Gasteiger partial charge in [0.2, 0.25) is 0 Å². The van der Waals surface area contributed by atoms with Crippen molar-refractivity contribution in [3.63, 3.8) is 0 Å². The first-order chi connectivity index (χ1) is 15.5. The number of rotatable bonds is 5. The van der Waals surface area contributed by atoms with Crippen molar-refractivity contribution in [3.05, 3.63) is 82.9 Å². The molecule has 0 aromatic heterocycles. The molecule has 0 saturated carbocycles. The van der Waals surface area contributed by atoms with Gasteiger partial charge in [-0.05, 0) is 62.2 Å². The van der Waals surface area contributed by atoms with E-state index < -0.39 is 6.03 Å². The minimum absolute atomic E-state index is 0.203. The van der Waals surface area contributed by atoms with Crippen molar-refractivity contribution in [2.24, 2.45) is 0 Å². The highest BCUT2D eigenvalue weighted by Gasteiger charge is 2.18. The lowest BCUT2D eigenvalue weighted by Gasteiger charge is -2.22. The molecule has 1 aliphatic rings. The Morgan fingerprint density at radius 2 is 1.53 bits per heavy atom. The van der Waals surface area contributed by atoms with Gasteiger partial charge in [-0.1, -0.05) is 41.4 Å². The van der Waals surface area contributed by atoms with Gasteiger partial charge in [-0.25, -0.2) is 4.79 Å². The minimum atomic E-state index is -0.402. The molecule has 0 spiro atoms. The van der Waals surface area contributed by atoms with Gasteiger partial charge in [-0.2, -0.15) is 0 Å².